The number of tetrazole rings is 1. The van der Waals surface area contributed by atoms with E-state index in [0.717, 1.165) is 11.3 Å². The van der Waals surface area contributed by atoms with Crippen molar-refractivity contribution in [2.75, 3.05) is 5.32 Å². The Kier molecular flexibility index (Phi) is 1.83. The average molecular weight is 193 g/mol. The number of hydrogen-bond donors (Lipinski definition) is 1. The summed E-state index contributed by atoms with van der Waals surface area (Å²) in [5.41, 5.74) is 1.55. The normalized spacial score (nSPS) is 20.4. The van der Waals surface area contributed by atoms with Crippen molar-refractivity contribution in [2.45, 2.75) is 26.8 Å². The van der Waals surface area contributed by atoms with E-state index >= 15 is 0 Å². The molecule has 6 heteroatoms. The maximum absolute atomic E-state index is 11.4. The number of hydrogen-bond acceptors (Lipinski definition) is 5. The van der Waals surface area contributed by atoms with Crippen molar-refractivity contribution in [3.8, 4) is 0 Å². The van der Waals surface area contributed by atoms with Gasteiger partial charge in [-0.25, -0.2) is 4.68 Å². The van der Waals surface area contributed by atoms with E-state index in [2.05, 4.69) is 20.8 Å². The summed E-state index contributed by atoms with van der Waals surface area (Å²) in [5.74, 6) is 0.628. The zero-order chi connectivity index (χ0) is 10.3. The van der Waals surface area contributed by atoms with Gasteiger partial charge in [0.25, 0.3) is 0 Å². The van der Waals surface area contributed by atoms with Crippen LogP contribution in [0.15, 0.2) is 11.3 Å². The van der Waals surface area contributed by atoms with E-state index in [1.165, 1.54) is 0 Å². The summed E-state index contributed by atoms with van der Waals surface area (Å²) >= 11 is 0. The van der Waals surface area contributed by atoms with Crippen LogP contribution < -0.4 is 5.32 Å². The van der Waals surface area contributed by atoms with Crippen LogP contribution in [0.5, 0.6) is 0 Å². The van der Waals surface area contributed by atoms with Gasteiger partial charge >= 0.3 is 0 Å². The van der Waals surface area contributed by atoms with Crippen molar-refractivity contribution in [1.82, 2.24) is 20.2 Å². The zero-order valence-corrected chi connectivity index (χ0v) is 8.27. The molecule has 1 aliphatic rings. The van der Waals surface area contributed by atoms with E-state index in [9.17, 15) is 4.79 Å². The highest BCUT2D eigenvalue weighted by atomic mass is 16.1. The lowest BCUT2D eigenvalue weighted by molar-refractivity contribution is -0.114. The Balaban J connectivity index is 2.50. The molecule has 2 rings (SSSR count). The maximum Gasteiger partial charge on any atom is 0.247 e. The maximum atomic E-state index is 11.4. The van der Waals surface area contributed by atoms with Gasteiger partial charge in [-0.15, -0.1) is 0 Å². The molecular weight excluding hydrogens is 182 g/mol. The summed E-state index contributed by atoms with van der Waals surface area (Å²) in [6, 6.07) is -0.0984. The Labute approximate surface area is 81.0 Å². The molecule has 6 nitrogen and oxygen atoms in total. The number of nitrogens with zero attached hydrogens (tertiary/aromatic N) is 4. The highest BCUT2D eigenvalue weighted by Crippen LogP contribution is 2.28. The van der Waals surface area contributed by atoms with Crippen molar-refractivity contribution in [2.24, 2.45) is 0 Å². The van der Waals surface area contributed by atoms with Crippen molar-refractivity contribution < 1.29 is 4.79 Å². The number of ketones is 1. The fraction of sp³-hybridized carbons (Fsp3) is 0.500. The lowest BCUT2D eigenvalue weighted by Crippen LogP contribution is -2.25. The van der Waals surface area contributed by atoms with Gasteiger partial charge in [0.05, 0.1) is 6.04 Å². The third-order valence-electron chi connectivity index (χ3n) is 2.36. The van der Waals surface area contributed by atoms with E-state index in [4.69, 9.17) is 0 Å². The number of carbonyl (C=O) groups is 1. The van der Waals surface area contributed by atoms with E-state index in [-0.39, 0.29) is 11.8 Å². The van der Waals surface area contributed by atoms with Crippen molar-refractivity contribution >= 4 is 11.7 Å². The minimum Gasteiger partial charge on any atom is -0.327 e. The van der Waals surface area contributed by atoms with E-state index in [1.807, 2.05) is 13.8 Å². The van der Waals surface area contributed by atoms with Crippen LogP contribution >= 0.6 is 0 Å². The van der Waals surface area contributed by atoms with E-state index < -0.39 is 0 Å². The van der Waals surface area contributed by atoms with E-state index in [0.29, 0.717) is 5.95 Å². The van der Waals surface area contributed by atoms with Gasteiger partial charge in [-0.1, -0.05) is 5.10 Å². The molecule has 0 amide bonds. The molecule has 1 atom stereocenters. The highest BCUT2D eigenvalue weighted by Gasteiger charge is 2.26. The first kappa shape index (κ1) is 8.86. The quantitative estimate of drug-likeness (QED) is 0.704. The molecule has 74 valence electrons. The van der Waals surface area contributed by atoms with Crippen LogP contribution in [0.1, 0.15) is 26.8 Å². The molecule has 14 heavy (non-hydrogen) atoms. The predicted octanol–water partition coefficient (Wildman–Crippen LogP) is 0.523. The van der Waals surface area contributed by atoms with Gasteiger partial charge in [0.15, 0.2) is 5.78 Å². The zero-order valence-electron chi connectivity index (χ0n) is 8.27. The third kappa shape index (κ3) is 1.11. The molecule has 1 N–H and O–H groups in total. The number of anilines is 1. The molecule has 1 aromatic heterocycles. The number of allylic oxidation sites excluding steroid dienone is 2. The second-order valence-electron chi connectivity index (χ2n) is 3.34. The predicted molar refractivity (Wildman–Crippen MR) is 49.5 cm³/mol. The van der Waals surface area contributed by atoms with Crippen LogP contribution in [0, 0.1) is 0 Å². The first-order valence-corrected chi connectivity index (χ1v) is 4.38. The standard InChI is InChI=1S/C8H11N5O/c1-4-7(6(3)14)5(2)13-8(9-4)10-11-12-13/h5H,1-3H3,(H,9,10,12)/t5-/m1/s1. The fourth-order valence-corrected chi connectivity index (χ4v) is 1.77. The van der Waals surface area contributed by atoms with Gasteiger partial charge < -0.3 is 5.32 Å². The van der Waals surface area contributed by atoms with Crippen molar-refractivity contribution in [3.63, 3.8) is 0 Å². The van der Waals surface area contributed by atoms with E-state index in [1.54, 1.807) is 11.6 Å². The molecule has 1 aromatic rings. The van der Waals surface area contributed by atoms with Gasteiger partial charge in [-0.3, -0.25) is 4.79 Å². The first-order valence-electron chi connectivity index (χ1n) is 4.38. The summed E-state index contributed by atoms with van der Waals surface area (Å²) in [7, 11) is 0. The Hall–Kier alpha value is -1.72. The number of fused-ring (bicyclic) bond motifs is 1. The first-order chi connectivity index (χ1) is 6.61. The fourth-order valence-electron chi connectivity index (χ4n) is 1.77. The van der Waals surface area contributed by atoms with Gasteiger partial charge in [-0.05, 0) is 31.2 Å². The molecule has 0 aromatic carbocycles. The molecule has 0 bridgehead atoms. The molecule has 0 fully saturated rings. The number of carbonyl (C=O) groups excluding carboxylic acids is 1. The average Bonchev–Trinajstić information content (AvgIpc) is 2.50. The molecule has 0 saturated carbocycles. The molecule has 0 aliphatic carbocycles. The summed E-state index contributed by atoms with van der Waals surface area (Å²) in [6.45, 7) is 5.30. The number of nitrogens with one attached hydrogen (secondary N) is 1. The van der Waals surface area contributed by atoms with Gasteiger partial charge in [0.2, 0.25) is 5.95 Å². The summed E-state index contributed by atoms with van der Waals surface area (Å²) in [6.07, 6.45) is 0. The SMILES string of the molecule is CC(=O)C1=C(C)Nc2nnnn2[C@@H]1C. The second-order valence-corrected chi connectivity index (χ2v) is 3.34. The van der Waals surface area contributed by atoms with Crippen LogP contribution in [0.4, 0.5) is 5.95 Å². The molecule has 0 spiro atoms. The third-order valence-corrected chi connectivity index (χ3v) is 2.36. The molecule has 2 heterocycles. The lowest BCUT2D eigenvalue weighted by atomic mass is 10.0. The minimum atomic E-state index is -0.0984. The molecule has 0 unspecified atom stereocenters. The lowest BCUT2D eigenvalue weighted by Gasteiger charge is -2.23. The van der Waals surface area contributed by atoms with Crippen LogP contribution in [-0.4, -0.2) is 26.0 Å². The molecule has 0 radical (unpaired) electrons. The Morgan fingerprint density at radius 2 is 2.29 bits per heavy atom. The van der Waals surface area contributed by atoms with Crippen molar-refractivity contribution in [3.05, 3.63) is 11.3 Å². The van der Waals surface area contributed by atoms with Crippen LogP contribution in [-0.2, 0) is 4.79 Å². The smallest absolute Gasteiger partial charge is 0.247 e. The minimum absolute atomic E-state index is 0.0450. The molecular formula is C8H11N5O. The molecule has 0 saturated heterocycles. The molecule has 1 aliphatic heterocycles. The topological polar surface area (TPSA) is 72.7 Å². The second kappa shape index (κ2) is 2.90. The van der Waals surface area contributed by atoms with Crippen LogP contribution in [0.2, 0.25) is 0 Å². The Morgan fingerprint density at radius 1 is 1.57 bits per heavy atom. The largest absolute Gasteiger partial charge is 0.327 e. The highest BCUT2D eigenvalue weighted by molar-refractivity contribution is 5.95. The number of aromatic nitrogens is 4. The van der Waals surface area contributed by atoms with Gasteiger partial charge in [-0.2, -0.15) is 0 Å². The number of Topliss-reactive ketones (excluding diaryl/α,β-unsaturated/α-hetero) is 1. The van der Waals surface area contributed by atoms with Gasteiger partial charge in [0.1, 0.15) is 0 Å². The van der Waals surface area contributed by atoms with Crippen LogP contribution in [0.25, 0.3) is 0 Å². The summed E-state index contributed by atoms with van der Waals surface area (Å²) < 4.78 is 1.60. The summed E-state index contributed by atoms with van der Waals surface area (Å²) in [4.78, 5) is 11.4. The Morgan fingerprint density at radius 3 is 2.93 bits per heavy atom. The monoisotopic (exact) mass is 193 g/mol. The van der Waals surface area contributed by atoms with Gasteiger partial charge in [0, 0.05) is 11.3 Å². The summed E-state index contributed by atoms with van der Waals surface area (Å²) in [5, 5.41) is 14.1. The Bertz CT molecular complexity index is 419. The van der Waals surface area contributed by atoms with Crippen LogP contribution in [0.3, 0.4) is 0 Å². The van der Waals surface area contributed by atoms with Crippen molar-refractivity contribution in [1.29, 1.82) is 0 Å². The number of rotatable bonds is 1.